The summed E-state index contributed by atoms with van der Waals surface area (Å²) in [5.74, 6) is 0. The summed E-state index contributed by atoms with van der Waals surface area (Å²) in [6.45, 7) is 3.27. The van der Waals surface area contributed by atoms with Gasteiger partial charge < -0.3 is 11.5 Å². The zero-order valence-electron chi connectivity index (χ0n) is 7.46. The van der Waals surface area contributed by atoms with E-state index in [4.69, 9.17) is 11.5 Å². The van der Waals surface area contributed by atoms with Gasteiger partial charge in [0.2, 0.25) is 0 Å². The van der Waals surface area contributed by atoms with Crippen LogP contribution < -0.4 is 11.5 Å². The van der Waals surface area contributed by atoms with Gasteiger partial charge in [0.1, 0.15) is 0 Å². The molecule has 0 aromatic heterocycles. The quantitative estimate of drug-likeness (QED) is 0.696. The van der Waals surface area contributed by atoms with Crippen LogP contribution in [0, 0.1) is 0 Å². The summed E-state index contributed by atoms with van der Waals surface area (Å²) in [4.78, 5) is 0. The molecule has 0 spiro atoms. The highest BCUT2D eigenvalue weighted by Crippen LogP contribution is 2.20. The van der Waals surface area contributed by atoms with Crippen LogP contribution in [0.25, 0.3) is 0 Å². The summed E-state index contributed by atoms with van der Waals surface area (Å²) in [6.07, 6.45) is 0. The van der Waals surface area contributed by atoms with Crippen molar-refractivity contribution in [1.29, 1.82) is 0 Å². The molecule has 4 N–H and O–H groups in total. The number of hydrogen-bond donors (Lipinski definition) is 2. The van der Waals surface area contributed by atoms with Gasteiger partial charge in [0.15, 0.2) is 0 Å². The molecule has 12 heavy (non-hydrogen) atoms. The van der Waals surface area contributed by atoms with Gasteiger partial charge in [-0.25, -0.2) is 0 Å². The Balaban J connectivity index is 2.95. The van der Waals surface area contributed by atoms with E-state index < -0.39 is 0 Å². The fraction of sp³-hybridized carbons (Fsp3) is 0.400. The molecule has 0 radical (unpaired) electrons. The molecule has 0 bridgehead atoms. The minimum absolute atomic E-state index is 0.0682. The van der Waals surface area contributed by atoms with Crippen molar-refractivity contribution in [3.05, 3.63) is 35.9 Å². The molecule has 0 aliphatic carbocycles. The van der Waals surface area contributed by atoms with Gasteiger partial charge >= 0.3 is 0 Å². The van der Waals surface area contributed by atoms with E-state index in [1.165, 1.54) is 5.56 Å². The number of nitrogens with two attached hydrogens (primary N) is 2. The van der Waals surface area contributed by atoms with Crippen molar-refractivity contribution in [1.82, 2.24) is 0 Å². The lowest BCUT2D eigenvalue weighted by Gasteiger charge is -2.26. The monoisotopic (exact) mass is 164 g/mol. The zero-order valence-corrected chi connectivity index (χ0v) is 7.46. The zero-order chi connectivity index (χ0) is 9.03. The molecule has 1 rings (SSSR count). The average Bonchev–Trinajstić information content (AvgIpc) is 2.18. The van der Waals surface area contributed by atoms with Crippen LogP contribution in [0.4, 0.5) is 0 Å². The lowest BCUT2D eigenvalue weighted by Crippen LogP contribution is -2.39. The third-order valence-corrected chi connectivity index (χ3v) is 2.37. The molecule has 0 amide bonds. The average molecular weight is 164 g/mol. The van der Waals surface area contributed by atoms with Gasteiger partial charge in [-0.2, -0.15) is 0 Å². The first kappa shape index (κ1) is 9.23. The van der Waals surface area contributed by atoms with Crippen molar-refractivity contribution in [2.75, 3.05) is 13.1 Å². The van der Waals surface area contributed by atoms with Crippen LogP contribution in [0.1, 0.15) is 12.5 Å². The van der Waals surface area contributed by atoms with E-state index in [0.29, 0.717) is 13.1 Å². The van der Waals surface area contributed by atoms with Crippen molar-refractivity contribution in [2.24, 2.45) is 11.5 Å². The molecule has 1 aromatic rings. The predicted molar refractivity (Wildman–Crippen MR) is 51.9 cm³/mol. The standard InChI is InChI=1S/C10H16N2/c1-10(7-11,8-12)9-5-3-2-4-6-9/h2-6H,7-8,11-12H2,1H3. The van der Waals surface area contributed by atoms with Crippen molar-refractivity contribution in [3.63, 3.8) is 0 Å². The summed E-state index contributed by atoms with van der Waals surface area (Å²) in [5, 5.41) is 0. The van der Waals surface area contributed by atoms with Gasteiger partial charge in [-0.3, -0.25) is 0 Å². The SMILES string of the molecule is CC(CN)(CN)c1ccccc1. The molecule has 0 unspecified atom stereocenters. The molecule has 2 heteroatoms. The highest BCUT2D eigenvalue weighted by atomic mass is 14.7. The molecule has 0 saturated carbocycles. The first-order valence-electron chi connectivity index (χ1n) is 4.18. The van der Waals surface area contributed by atoms with Gasteiger partial charge in [0, 0.05) is 18.5 Å². The van der Waals surface area contributed by atoms with E-state index >= 15 is 0 Å². The highest BCUT2D eigenvalue weighted by molar-refractivity contribution is 5.25. The van der Waals surface area contributed by atoms with Gasteiger partial charge in [0.05, 0.1) is 0 Å². The topological polar surface area (TPSA) is 52.0 Å². The molecule has 0 atom stereocenters. The van der Waals surface area contributed by atoms with Gasteiger partial charge in [0.25, 0.3) is 0 Å². The summed E-state index contributed by atoms with van der Waals surface area (Å²) in [5.41, 5.74) is 12.5. The Hall–Kier alpha value is -0.860. The Labute approximate surface area is 73.6 Å². The maximum absolute atomic E-state index is 5.67. The Kier molecular flexibility index (Phi) is 2.84. The number of rotatable bonds is 3. The van der Waals surface area contributed by atoms with Crippen LogP contribution >= 0.6 is 0 Å². The summed E-state index contributed by atoms with van der Waals surface area (Å²) in [6, 6.07) is 10.2. The third-order valence-electron chi connectivity index (χ3n) is 2.37. The van der Waals surface area contributed by atoms with Crippen molar-refractivity contribution in [2.45, 2.75) is 12.3 Å². The minimum Gasteiger partial charge on any atom is -0.330 e. The van der Waals surface area contributed by atoms with Crippen LogP contribution in [0.3, 0.4) is 0 Å². The fourth-order valence-corrected chi connectivity index (χ4v) is 1.16. The van der Waals surface area contributed by atoms with Gasteiger partial charge in [-0.15, -0.1) is 0 Å². The van der Waals surface area contributed by atoms with Crippen LogP contribution in [-0.4, -0.2) is 13.1 Å². The molecule has 2 nitrogen and oxygen atoms in total. The second-order valence-corrected chi connectivity index (χ2v) is 3.33. The molecule has 0 saturated heterocycles. The second kappa shape index (κ2) is 3.70. The van der Waals surface area contributed by atoms with E-state index in [0.717, 1.165) is 0 Å². The van der Waals surface area contributed by atoms with E-state index in [-0.39, 0.29) is 5.41 Å². The maximum Gasteiger partial charge on any atom is 0.0170 e. The lowest BCUT2D eigenvalue weighted by molar-refractivity contribution is 0.496. The Bertz CT molecular complexity index is 227. The molecule has 66 valence electrons. The molecule has 0 fully saturated rings. The van der Waals surface area contributed by atoms with Crippen molar-refractivity contribution >= 4 is 0 Å². The molecular formula is C10H16N2. The van der Waals surface area contributed by atoms with Crippen LogP contribution in [0.5, 0.6) is 0 Å². The highest BCUT2D eigenvalue weighted by Gasteiger charge is 2.22. The molecular weight excluding hydrogens is 148 g/mol. The van der Waals surface area contributed by atoms with Crippen molar-refractivity contribution in [3.8, 4) is 0 Å². The van der Waals surface area contributed by atoms with E-state index in [1.54, 1.807) is 0 Å². The second-order valence-electron chi connectivity index (χ2n) is 3.33. The van der Waals surface area contributed by atoms with E-state index in [2.05, 4.69) is 19.1 Å². The van der Waals surface area contributed by atoms with Crippen LogP contribution in [-0.2, 0) is 5.41 Å². The van der Waals surface area contributed by atoms with Crippen molar-refractivity contribution < 1.29 is 0 Å². The Morgan fingerprint density at radius 1 is 1.08 bits per heavy atom. The molecule has 0 aliphatic heterocycles. The predicted octanol–water partition coefficient (Wildman–Crippen LogP) is 0.862. The van der Waals surface area contributed by atoms with Crippen LogP contribution in [0.2, 0.25) is 0 Å². The smallest absolute Gasteiger partial charge is 0.0170 e. The van der Waals surface area contributed by atoms with E-state index in [9.17, 15) is 0 Å². The largest absolute Gasteiger partial charge is 0.330 e. The first-order chi connectivity index (χ1) is 5.73. The minimum atomic E-state index is -0.0682. The lowest BCUT2D eigenvalue weighted by atomic mass is 9.83. The normalized spacial score (nSPS) is 11.6. The van der Waals surface area contributed by atoms with Gasteiger partial charge in [-0.1, -0.05) is 37.3 Å². The van der Waals surface area contributed by atoms with E-state index in [1.807, 2.05) is 18.2 Å². The summed E-state index contributed by atoms with van der Waals surface area (Å²) < 4.78 is 0. The fourth-order valence-electron chi connectivity index (χ4n) is 1.16. The van der Waals surface area contributed by atoms with Crippen LogP contribution in [0.15, 0.2) is 30.3 Å². The third kappa shape index (κ3) is 1.65. The summed E-state index contributed by atoms with van der Waals surface area (Å²) >= 11 is 0. The maximum atomic E-state index is 5.67. The Morgan fingerprint density at radius 3 is 2.00 bits per heavy atom. The molecule has 0 aliphatic rings. The number of hydrogen-bond acceptors (Lipinski definition) is 2. The molecule has 0 heterocycles. The number of benzene rings is 1. The first-order valence-corrected chi connectivity index (χ1v) is 4.18. The Morgan fingerprint density at radius 2 is 1.58 bits per heavy atom. The summed E-state index contributed by atoms with van der Waals surface area (Å²) in [7, 11) is 0. The van der Waals surface area contributed by atoms with Gasteiger partial charge in [-0.05, 0) is 5.56 Å². The molecule has 1 aromatic carbocycles.